The molecular formula is C27H29FN2O4S. The van der Waals surface area contributed by atoms with E-state index in [2.05, 4.69) is 10.6 Å². The fourth-order valence-corrected chi connectivity index (χ4v) is 4.60. The van der Waals surface area contributed by atoms with Crippen LogP contribution in [0, 0.1) is 12.7 Å². The third-order valence-electron chi connectivity index (χ3n) is 5.46. The van der Waals surface area contributed by atoms with Crippen LogP contribution < -0.4 is 10.6 Å². The average molecular weight is 497 g/mol. The van der Waals surface area contributed by atoms with Crippen LogP contribution in [0.4, 0.5) is 4.39 Å². The monoisotopic (exact) mass is 496 g/mol. The Hall–Kier alpha value is -3.52. The summed E-state index contributed by atoms with van der Waals surface area (Å²) in [6, 6.07) is 16.1. The molecule has 184 valence electrons. The first kappa shape index (κ1) is 26.1. The normalized spacial score (nSPS) is 12.1. The van der Waals surface area contributed by atoms with Gasteiger partial charge in [0, 0.05) is 27.3 Å². The number of rotatable bonds is 10. The van der Waals surface area contributed by atoms with Gasteiger partial charge >= 0.3 is 5.97 Å². The van der Waals surface area contributed by atoms with Crippen LogP contribution in [0.3, 0.4) is 0 Å². The Balaban J connectivity index is 1.68. The van der Waals surface area contributed by atoms with Crippen LogP contribution in [0.1, 0.15) is 47.5 Å². The van der Waals surface area contributed by atoms with E-state index in [0.29, 0.717) is 12.0 Å². The number of thiophene rings is 1. The largest absolute Gasteiger partial charge is 0.481 e. The summed E-state index contributed by atoms with van der Waals surface area (Å²) in [5.41, 5.74) is 1.49. The van der Waals surface area contributed by atoms with E-state index < -0.39 is 29.4 Å². The predicted molar refractivity (Wildman–Crippen MR) is 135 cm³/mol. The molecule has 3 N–H and O–H groups in total. The molecule has 1 heterocycles. The lowest BCUT2D eigenvalue weighted by Crippen LogP contribution is -2.54. The first-order valence-corrected chi connectivity index (χ1v) is 12.1. The van der Waals surface area contributed by atoms with Gasteiger partial charge in [-0.25, -0.2) is 4.39 Å². The van der Waals surface area contributed by atoms with Crippen LogP contribution in [0.15, 0.2) is 60.7 Å². The number of carboxylic acid groups (broad SMARTS) is 1. The Kier molecular flexibility index (Phi) is 8.40. The molecule has 2 aromatic carbocycles. The topological polar surface area (TPSA) is 95.5 Å². The molecule has 8 heteroatoms. The number of nitrogens with one attached hydrogen (secondary N) is 2. The minimum Gasteiger partial charge on any atom is -0.481 e. The highest BCUT2D eigenvalue weighted by Crippen LogP contribution is 2.27. The van der Waals surface area contributed by atoms with Gasteiger partial charge in [0.05, 0.1) is 0 Å². The van der Waals surface area contributed by atoms with Crippen molar-refractivity contribution in [3.8, 4) is 10.4 Å². The van der Waals surface area contributed by atoms with Gasteiger partial charge in [0.15, 0.2) is 0 Å². The number of carboxylic acids is 1. The van der Waals surface area contributed by atoms with Crippen molar-refractivity contribution >= 4 is 29.1 Å². The Morgan fingerprint density at radius 1 is 1.00 bits per heavy atom. The number of aryl methyl sites for hydroxylation is 1. The smallest absolute Gasteiger partial charge is 0.303 e. The average Bonchev–Trinajstić information content (AvgIpc) is 3.23. The summed E-state index contributed by atoms with van der Waals surface area (Å²) in [4.78, 5) is 39.3. The lowest BCUT2D eigenvalue weighted by Gasteiger charge is -2.29. The zero-order valence-corrected chi connectivity index (χ0v) is 20.7. The molecule has 0 bridgehead atoms. The summed E-state index contributed by atoms with van der Waals surface area (Å²) in [6.07, 6.45) is 0.113. The molecule has 0 unspecified atom stereocenters. The lowest BCUT2D eigenvalue weighted by atomic mass is 9.94. The highest BCUT2D eigenvalue weighted by molar-refractivity contribution is 7.15. The number of hydrogen-bond donors (Lipinski definition) is 3. The molecule has 0 spiro atoms. The summed E-state index contributed by atoms with van der Waals surface area (Å²) >= 11 is 1.66. The van der Waals surface area contributed by atoms with E-state index in [1.54, 1.807) is 35.6 Å². The molecule has 1 atom stereocenters. The molecule has 6 nitrogen and oxygen atoms in total. The molecule has 0 aliphatic carbocycles. The van der Waals surface area contributed by atoms with Crippen molar-refractivity contribution in [3.63, 3.8) is 0 Å². The third-order valence-corrected chi connectivity index (χ3v) is 6.51. The van der Waals surface area contributed by atoms with Crippen LogP contribution in [-0.2, 0) is 16.0 Å². The SMILES string of the molecule is Cc1ccc(-c2ccc(C(=O)N[C@@H](CCC(=O)O)C(=O)NC(C)(C)Cc3ccc(F)cc3)cc2)s1. The van der Waals surface area contributed by atoms with Crippen molar-refractivity contribution in [2.75, 3.05) is 0 Å². The minimum atomic E-state index is -1.06. The molecule has 0 radical (unpaired) electrons. The van der Waals surface area contributed by atoms with Gasteiger partial charge in [0.25, 0.3) is 5.91 Å². The van der Waals surface area contributed by atoms with Crippen LogP contribution in [0.25, 0.3) is 10.4 Å². The molecule has 0 fully saturated rings. The Morgan fingerprint density at radius 2 is 1.66 bits per heavy atom. The van der Waals surface area contributed by atoms with Crippen molar-refractivity contribution in [3.05, 3.63) is 82.5 Å². The van der Waals surface area contributed by atoms with Crippen LogP contribution in [-0.4, -0.2) is 34.5 Å². The number of benzene rings is 2. The van der Waals surface area contributed by atoms with Gasteiger partial charge < -0.3 is 15.7 Å². The highest BCUT2D eigenvalue weighted by atomic mass is 32.1. The van der Waals surface area contributed by atoms with Gasteiger partial charge in [-0.15, -0.1) is 11.3 Å². The second-order valence-corrected chi connectivity index (χ2v) is 10.4. The van der Waals surface area contributed by atoms with Gasteiger partial charge in [-0.2, -0.15) is 0 Å². The maximum Gasteiger partial charge on any atom is 0.303 e. The fraction of sp³-hybridized carbons (Fsp3) is 0.296. The number of halogens is 1. The van der Waals surface area contributed by atoms with Gasteiger partial charge in [-0.1, -0.05) is 24.3 Å². The lowest BCUT2D eigenvalue weighted by molar-refractivity contribution is -0.137. The zero-order valence-electron chi connectivity index (χ0n) is 19.9. The maximum absolute atomic E-state index is 13.2. The number of aliphatic carboxylic acids is 1. The van der Waals surface area contributed by atoms with E-state index in [1.807, 2.05) is 45.0 Å². The molecule has 35 heavy (non-hydrogen) atoms. The van der Waals surface area contributed by atoms with E-state index in [9.17, 15) is 18.8 Å². The van der Waals surface area contributed by atoms with E-state index >= 15 is 0 Å². The van der Waals surface area contributed by atoms with Crippen LogP contribution in [0.2, 0.25) is 0 Å². The molecule has 0 saturated heterocycles. The Bertz CT molecular complexity index is 1190. The molecule has 0 saturated carbocycles. The summed E-state index contributed by atoms with van der Waals surface area (Å²) in [6.45, 7) is 5.66. The summed E-state index contributed by atoms with van der Waals surface area (Å²) in [5.74, 6) is -2.33. The molecule has 1 aromatic heterocycles. The van der Waals surface area contributed by atoms with Gasteiger partial charge in [0.2, 0.25) is 5.91 Å². The Morgan fingerprint density at radius 3 is 2.23 bits per heavy atom. The summed E-state index contributed by atoms with van der Waals surface area (Å²) < 4.78 is 13.2. The molecular weight excluding hydrogens is 467 g/mol. The molecule has 3 aromatic rings. The number of hydrogen-bond acceptors (Lipinski definition) is 4. The third kappa shape index (κ3) is 7.75. The van der Waals surface area contributed by atoms with Crippen molar-refractivity contribution in [2.24, 2.45) is 0 Å². The van der Waals surface area contributed by atoms with E-state index in [4.69, 9.17) is 5.11 Å². The number of amides is 2. The molecule has 0 aliphatic heterocycles. The van der Waals surface area contributed by atoms with Crippen molar-refractivity contribution < 1.29 is 23.9 Å². The number of carbonyl (C=O) groups is 3. The predicted octanol–water partition coefficient (Wildman–Crippen LogP) is 4.96. The van der Waals surface area contributed by atoms with Gasteiger partial charge in [-0.3, -0.25) is 14.4 Å². The van der Waals surface area contributed by atoms with Crippen molar-refractivity contribution in [1.29, 1.82) is 0 Å². The highest BCUT2D eigenvalue weighted by Gasteiger charge is 2.28. The first-order valence-electron chi connectivity index (χ1n) is 11.3. The summed E-state index contributed by atoms with van der Waals surface area (Å²) in [5, 5.41) is 14.7. The Labute approximate surface area is 208 Å². The molecule has 0 aliphatic rings. The zero-order chi connectivity index (χ0) is 25.6. The second kappa shape index (κ2) is 11.3. The maximum atomic E-state index is 13.2. The molecule has 2 amide bonds. The fourth-order valence-electron chi connectivity index (χ4n) is 3.73. The summed E-state index contributed by atoms with van der Waals surface area (Å²) in [7, 11) is 0. The molecule has 3 rings (SSSR count). The van der Waals surface area contributed by atoms with Gasteiger partial charge in [0.1, 0.15) is 11.9 Å². The van der Waals surface area contributed by atoms with E-state index in [0.717, 1.165) is 16.0 Å². The van der Waals surface area contributed by atoms with Crippen molar-refractivity contribution in [1.82, 2.24) is 10.6 Å². The van der Waals surface area contributed by atoms with E-state index in [-0.39, 0.29) is 18.7 Å². The minimum absolute atomic E-state index is 0.0495. The van der Waals surface area contributed by atoms with Crippen LogP contribution in [0.5, 0.6) is 0 Å². The number of carbonyl (C=O) groups excluding carboxylic acids is 2. The van der Waals surface area contributed by atoms with Crippen LogP contribution >= 0.6 is 11.3 Å². The van der Waals surface area contributed by atoms with Gasteiger partial charge in [-0.05, 0) is 81.1 Å². The quantitative estimate of drug-likeness (QED) is 0.370. The van der Waals surface area contributed by atoms with E-state index in [1.165, 1.54) is 17.0 Å². The van der Waals surface area contributed by atoms with Crippen molar-refractivity contribution in [2.45, 2.75) is 51.6 Å². The second-order valence-electron chi connectivity index (χ2n) is 9.12. The first-order chi connectivity index (χ1) is 16.5. The standard InChI is InChI=1S/C27H29FN2O4S/c1-17-4-14-23(35-17)19-7-9-20(10-8-19)25(33)29-22(13-15-24(31)32)26(34)30-27(2,3)16-18-5-11-21(28)12-6-18/h4-12,14,22H,13,15-16H2,1-3H3,(H,29,33)(H,30,34)(H,31,32)/t22-/m0/s1.